The number of nitrogens with zero attached hydrogens (tertiary/aromatic N) is 2. The smallest absolute Gasteiger partial charge is 0.259 e. The quantitative estimate of drug-likeness (QED) is 0.803. The number of para-hydroxylation sites is 2. The molecule has 0 aliphatic rings. The molecule has 0 aliphatic carbocycles. The Morgan fingerprint density at radius 3 is 2.82 bits per heavy atom. The lowest BCUT2D eigenvalue weighted by molar-refractivity contribution is 0.102. The Bertz CT molecular complexity index is 808. The van der Waals surface area contributed by atoms with Gasteiger partial charge in [0.25, 0.3) is 5.91 Å². The lowest BCUT2D eigenvalue weighted by Gasteiger charge is -2.14. The summed E-state index contributed by atoms with van der Waals surface area (Å²) >= 11 is 0. The number of benzene rings is 1. The molecule has 0 saturated heterocycles. The van der Waals surface area contributed by atoms with Gasteiger partial charge in [0.2, 0.25) is 0 Å². The molecule has 112 valence electrons. The normalized spacial score (nSPS) is 10.9. The Morgan fingerprint density at radius 1 is 1.18 bits per heavy atom. The SMILES string of the molecule is CC(C)Oc1ccccc1NC(=O)c1cccn2ccnc12. The van der Waals surface area contributed by atoms with Crippen molar-refractivity contribution in [3.63, 3.8) is 0 Å². The largest absolute Gasteiger partial charge is 0.489 e. The van der Waals surface area contributed by atoms with E-state index in [2.05, 4.69) is 10.3 Å². The third kappa shape index (κ3) is 2.79. The standard InChI is InChI=1S/C17H17N3O2/c1-12(2)22-15-8-4-3-7-14(15)19-17(21)13-6-5-10-20-11-9-18-16(13)20/h3-12H,1-2H3,(H,19,21). The predicted molar refractivity (Wildman–Crippen MR) is 85.4 cm³/mol. The van der Waals surface area contributed by atoms with Crippen LogP contribution in [0.5, 0.6) is 5.75 Å². The zero-order chi connectivity index (χ0) is 15.5. The van der Waals surface area contributed by atoms with Gasteiger partial charge >= 0.3 is 0 Å². The number of nitrogens with one attached hydrogen (secondary N) is 1. The van der Waals surface area contributed by atoms with Crippen LogP contribution in [0.2, 0.25) is 0 Å². The molecule has 0 radical (unpaired) electrons. The predicted octanol–water partition coefficient (Wildman–Crippen LogP) is 3.37. The lowest BCUT2D eigenvalue weighted by Crippen LogP contribution is -2.15. The molecule has 0 atom stereocenters. The molecule has 0 saturated carbocycles. The molecule has 1 aromatic carbocycles. The van der Waals surface area contributed by atoms with Crippen molar-refractivity contribution in [2.24, 2.45) is 0 Å². The fraction of sp³-hybridized carbons (Fsp3) is 0.176. The maximum absolute atomic E-state index is 12.5. The van der Waals surface area contributed by atoms with Crippen molar-refractivity contribution in [2.45, 2.75) is 20.0 Å². The molecule has 5 heteroatoms. The minimum Gasteiger partial charge on any atom is -0.489 e. The van der Waals surface area contributed by atoms with Crippen molar-refractivity contribution >= 4 is 17.2 Å². The van der Waals surface area contributed by atoms with E-state index in [4.69, 9.17) is 4.74 Å². The molecule has 5 nitrogen and oxygen atoms in total. The highest BCUT2D eigenvalue weighted by molar-refractivity contribution is 6.08. The Morgan fingerprint density at radius 2 is 2.00 bits per heavy atom. The summed E-state index contributed by atoms with van der Waals surface area (Å²) in [5.74, 6) is 0.442. The van der Waals surface area contributed by atoms with E-state index < -0.39 is 0 Å². The van der Waals surface area contributed by atoms with Gasteiger partial charge in [-0.2, -0.15) is 0 Å². The summed E-state index contributed by atoms with van der Waals surface area (Å²) in [6, 6.07) is 11.0. The average Bonchev–Trinajstić information content (AvgIpc) is 2.97. The van der Waals surface area contributed by atoms with E-state index in [1.807, 2.05) is 61.0 Å². The van der Waals surface area contributed by atoms with Crippen LogP contribution in [0.3, 0.4) is 0 Å². The molecule has 1 amide bonds. The minimum absolute atomic E-state index is 0.0359. The molecule has 0 bridgehead atoms. The highest BCUT2D eigenvalue weighted by Crippen LogP contribution is 2.25. The number of hydrogen-bond acceptors (Lipinski definition) is 3. The van der Waals surface area contributed by atoms with Gasteiger partial charge in [0.05, 0.1) is 17.4 Å². The monoisotopic (exact) mass is 295 g/mol. The molecule has 0 fully saturated rings. The summed E-state index contributed by atoms with van der Waals surface area (Å²) in [5, 5.41) is 2.90. The number of imidazole rings is 1. The molecule has 2 aromatic heterocycles. The Balaban J connectivity index is 1.90. The molecule has 0 unspecified atom stereocenters. The van der Waals surface area contributed by atoms with Gasteiger partial charge in [-0.3, -0.25) is 4.79 Å². The zero-order valence-corrected chi connectivity index (χ0v) is 12.5. The van der Waals surface area contributed by atoms with Crippen LogP contribution >= 0.6 is 0 Å². The fourth-order valence-electron chi connectivity index (χ4n) is 2.24. The number of fused-ring (bicyclic) bond motifs is 1. The number of amides is 1. The van der Waals surface area contributed by atoms with Crippen LogP contribution in [0.15, 0.2) is 55.0 Å². The number of anilines is 1. The van der Waals surface area contributed by atoms with Gasteiger partial charge in [0, 0.05) is 18.6 Å². The van der Waals surface area contributed by atoms with Crippen molar-refractivity contribution in [3.05, 3.63) is 60.6 Å². The molecular weight excluding hydrogens is 278 g/mol. The molecule has 3 rings (SSSR count). The second-order valence-electron chi connectivity index (χ2n) is 5.20. The Hall–Kier alpha value is -2.82. The van der Waals surface area contributed by atoms with E-state index in [1.165, 1.54) is 0 Å². The first-order chi connectivity index (χ1) is 10.6. The molecule has 0 spiro atoms. The summed E-state index contributed by atoms with van der Waals surface area (Å²) in [6.45, 7) is 3.90. The molecule has 1 N–H and O–H groups in total. The van der Waals surface area contributed by atoms with E-state index in [1.54, 1.807) is 12.3 Å². The fourth-order valence-corrected chi connectivity index (χ4v) is 2.24. The van der Waals surface area contributed by atoms with E-state index in [0.29, 0.717) is 22.6 Å². The van der Waals surface area contributed by atoms with Crippen LogP contribution < -0.4 is 10.1 Å². The zero-order valence-electron chi connectivity index (χ0n) is 12.5. The number of aromatic nitrogens is 2. The van der Waals surface area contributed by atoms with E-state index in [0.717, 1.165) is 0 Å². The van der Waals surface area contributed by atoms with Gasteiger partial charge in [-0.15, -0.1) is 0 Å². The third-order valence-electron chi connectivity index (χ3n) is 3.16. The lowest BCUT2D eigenvalue weighted by atomic mass is 10.2. The van der Waals surface area contributed by atoms with Crippen molar-refractivity contribution in [1.29, 1.82) is 0 Å². The van der Waals surface area contributed by atoms with Crippen LogP contribution in [-0.4, -0.2) is 21.4 Å². The Kier molecular flexibility index (Phi) is 3.78. The van der Waals surface area contributed by atoms with Gasteiger partial charge in [-0.25, -0.2) is 4.98 Å². The molecular formula is C17H17N3O2. The molecule has 22 heavy (non-hydrogen) atoms. The number of carbonyl (C=O) groups is 1. The minimum atomic E-state index is -0.211. The van der Waals surface area contributed by atoms with E-state index in [9.17, 15) is 4.79 Å². The van der Waals surface area contributed by atoms with Crippen molar-refractivity contribution in [3.8, 4) is 5.75 Å². The van der Waals surface area contributed by atoms with Crippen LogP contribution in [0, 0.1) is 0 Å². The summed E-state index contributed by atoms with van der Waals surface area (Å²) < 4.78 is 7.53. The first-order valence-corrected chi connectivity index (χ1v) is 7.14. The second-order valence-corrected chi connectivity index (χ2v) is 5.20. The summed E-state index contributed by atoms with van der Waals surface area (Å²) in [7, 11) is 0. The number of carbonyl (C=O) groups excluding carboxylic acids is 1. The van der Waals surface area contributed by atoms with Gasteiger partial charge in [0.15, 0.2) is 0 Å². The third-order valence-corrected chi connectivity index (χ3v) is 3.16. The summed E-state index contributed by atoms with van der Waals surface area (Å²) in [6.07, 6.45) is 5.37. The highest BCUT2D eigenvalue weighted by atomic mass is 16.5. The Labute approximate surface area is 128 Å². The van der Waals surface area contributed by atoms with Crippen molar-refractivity contribution in [2.75, 3.05) is 5.32 Å². The van der Waals surface area contributed by atoms with E-state index in [-0.39, 0.29) is 12.0 Å². The van der Waals surface area contributed by atoms with Gasteiger partial charge in [-0.05, 0) is 38.1 Å². The summed E-state index contributed by atoms with van der Waals surface area (Å²) in [4.78, 5) is 16.8. The maximum Gasteiger partial charge on any atom is 0.259 e. The number of ether oxygens (including phenoxy) is 1. The number of hydrogen-bond donors (Lipinski definition) is 1. The first-order valence-electron chi connectivity index (χ1n) is 7.14. The highest BCUT2D eigenvalue weighted by Gasteiger charge is 2.14. The molecule has 0 aliphatic heterocycles. The van der Waals surface area contributed by atoms with Crippen LogP contribution in [0.25, 0.3) is 5.65 Å². The van der Waals surface area contributed by atoms with Gasteiger partial charge in [-0.1, -0.05) is 12.1 Å². The van der Waals surface area contributed by atoms with Gasteiger partial charge in [0.1, 0.15) is 11.4 Å². The second kappa shape index (κ2) is 5.89. The van der Waals surface area contributed by atoms with Crippen molar-refractivity contribution in [1.82, 2.24) is 9.38 Å². The summed E-state index contributed by atoms with van der Waals surface area (Å²) in [5.41, 5.74) is 1.80. The molecule has 3 aromatic rings. The number of rotatable bonds is 4. The first kappa shape index (κ1) is 14.1. The molecule has 2 heterocycles. The van der Waals surface area contributed by atoms with Crippen LogP contribution in [0.4, 0.5) is 5.69 Å². The van der Waals surface area contributed by atoms with Crippen molar-refractivity contribution < 1.29 is 9.53 Å². The van der Waals surface area contributed by atoms with Gasteiger partial charge < -0.3 is 14.5 Å². The average molecular weight is 295 g/mol. The maximum atomic E-state index is 12.5. The number of pyridine rings is 1. The topological polar surface area (TPSA) is 55.6 Å². The van der Waals surface area contributed by atoms with E-state index >= 15 is 0 Å². The van der Waals surface area contributed by atoms with Crippen LogP contribution in [0.1, 0.15) is 24.2 Å². The van der Waals surface area contributed by atoms with Crippen LogP contribution in [-0.2, 0) is 0 Å².